The highest BCUT2D eigenvalue weighted by atomic mass is 35.5. The molecular weight excluding hydrogens is 323 g/mol. The molecule has 0 saturated carbocycles. The molecule has 0 aliphatic heterocycles. The lowest BCUT2D eigenvalue weighted by Gasteiger charge is -2.09. The zero-order valence-electron chi connectivity index (χ0n) is 12.1. The number of para-hydroxylation sites is 1. The van der Waals surface area contributed by atoms with Crippen molar-refractivity contribution < 1.29 is 14.3 Å². The van der Waals surface area contributed by atoms with Gasteiger partial charge in [-0.05, 0) is 36.4 Å². The summed E-state index contributed by atoms with van der Waals surface area (Å²) >= 11 is 11.8. The van der Waals surface area contributed by atoms with Crippen LogP contribution in [0.3, 0.4) is 0 Å². The summed E-state index contributed by atoms with van der Waals surface area (Å²) in [6.07, 6.45) is 3.13. The van der Waals surface area contributed by atoms with E-state index in [1.165, 1.54) is 6.08 Å². The molecule has 22 heavy (non-hydrogen) atoms. The Balaban J connectivity index is 2.28. The van der Waals surface area contributed by atoms with Gasteiger partial charge in [-0.2, -0.15) is 0 Å². The van der Waals surface area contributed by atoms with Crippen LogP contribution in [0.2, 0.25) is 10.0 Å². The number of halogens is 2. The lowest BCUT2D eigenvalue weighted by atomic mass is 10.1. The van der Waals surface area contributed by atoms with Crippen LogP contribution in [0.25, 0.3) is 6.08 Å². The Morgan fingerprint density at radius 3 is 2.45 bits per heavy atom. The summed E-state index contributed by atoms with van der Waals surface area (Å²) in [5, 5.41) is 0.761. The maximum absolute atomic E-state index is 12.2. The lowest BCUT2D eigenvalue weighted by molar-refractivity contribution is 0.104. The number of rotatable bonds is 5. The van der Waals surface area contributed by atoms with Crippen molar-refractivity contribution in [3.05, 3.63) is 63.6 Å². The third kappa shape index (κ3) is 3.62. The van der Waals surface area contributed by atoms with Crippen LogP contribution in [-0.2, 0) is 0 Å². The molecule has 0 aromatic heterocycles. The fraction of sp³-hybridized carbons (Fsp3) is 0.118. The molecule has 0 atom stereocenters. The first-order valence-corrected chi connectivity index (χ1v) is 7.21. The number of benzene rings is 2. The molecule has 0 heterocycles. The average molecular weight is 337 g/mol. The maximum Gasteiger partial charge on any atom is 0.185 e. The molecule has 0 amide bonds. The van der Waals surface area contributed by atoms with E-state index < -0.39 is 0 Å². The van der Waals surface area contributed by atoms with Crippen molar-refractivity contribution in [1.82, 2.24) is 0 Å². The number of hydrogen-bond donors (Lipinski definition) is 0. The van der Waals surface area contributed by atoms with Gasteiger partial charge in [0.2, 0.25) is 0 Å². The molecule has 0 radical (unpaired) electrons. The van der Waals surface area contributed by atoms with Crippen molar-refractivity contribution in [3.63, 3.8) is 0 Å². The summed E-state index contributed by atoms with van der Waals surface area (Å²) in [5.41, 5.74) is 1.21. The van der Waals surface area contributed by atoms with Gasteiger partial charge in [-0.25, -0.2) is 0 Å². The van der Waals surface area contributed by atoms with E-state index in [0.717, 1.165) is 5.56 Å². The van der Waals surface area contributed by atoms with Crippen LogP contribution in [0.1, 0.15) is 15.9 Å². The Bertz CT molecular complexity index is 724. The van der Waals surface area contributed by atoms with Crippen LogP contribution < -0.4 is 9.47 Å². The standard InChI is InChI=1S/C17H14Cl2O3/c1-21-16-5-3-4-11(17(16)22-2)7-9-15(20)12-6-8-13(18)14(19)10-12/h3-10H,1-2H3/b9-7+. The summed E-state index contributed by atoms with van der Waals surface area (Å²) in [6, 6.07) is 10.2. The summed E-state index contributed by atoms with van der Waals surface area (Å²) in [7, 11) is 3.11. The van der Waals surface area contributed by atoms with Crippen molar-refractivity contribution in [2.24, 2.45) is 0 Å². The predicted octanol–water partition coefficient (Wildman–Crippen LogP) is 4.91. The normalized spacial score (nSPS) is 10.7. The Hall–Kier alpha value is -1.97. The number of ether oxygens (including phenoxy) is 2. The summed E-state index contributed by atoms with van der Waals surface area (Å²) in [5.74, 6) is 0.998. The molecule has 0 spiro atoms. The zero-order valence-corrected chi connectivity index (χ0v) is 13.6. The van der Waals surface area contributed by atoms with E-state index in [2.05, 4.69) is 0 Å². The van der Waals surface area contributed by atoms with Crippen LogP contribution in [0.15, 0.2) is 42.5 Å². The molecule has 0 aliphatic rings. The second-order valence-corrected chi connectivity index (χ2v) is 5.22. The summed E-state index contributed by atoms with van der Waals surface area (Å²) in [6.45, 7) is 0. The second kappa shape index (κ2) is 7.34. The van der Waals surface area contributed by atoms with Gasteiger partial charge < -0.3 is 9.47 Å². The zero-order chi connectivity index (χ0) is 16.1. The second-order valence-electron chi connectivity index (χ2n) is 4.41. The Kier molecular flexibility index (Phi) is 5.47. The first-order valence-electron chi connectivity index (χ1n) is 6.45. The van der Waals surface area contributed by atoms with Gasteiger partial charge in [0.1, 0.15) is 0 Å². The molecule has 5 heteroatoms. The Morgan fingerprint density at radius 2 is 1.82 bits per heavy atom. The van der Waals surface area contributed by atoms with E-state index in [9.17, 15) is 4.79 Å². The maximum atomic E-state index is 12.2. The predicted molar refractivity (Wildman–Crippen MR) is 89.4 cm³/mol. The van der Waals surface area contributed by atoms with Crippen LogP contribution in [0.4, 0.5) is 0 Å². The van der Waals surface area contributed by atoms with Gasteiger partial charge in [0.25, 0.3) is 0 Å². The largest absolute Gasteiger partial charge is 0.493 e. The van der Waals surface area contributed by atoms with Crippen molar-refractivity contribution in [2.75, 3.05) is 14.2 Å². The molecule has 0 bridgehead atoms. The molecule has 0 unspecified atom stereocenters. The number of allylic oxidation sites excluding steroid dienone is 1. The van der Waals surface area contributed by atoms with Gasteiger partial charge in [0, 0.05) is 11.1 Å². The topological polar surface area (TPSA) is 35.5 Å². The fourth-order valence-corrected chi connectivity index (χ4v) is 2.25. The van der Waals surface area contributed by atoms with E-state index >= 15 is 0 Å². The van der Waals surface area contributed by atoms with E-state index in [0.29, 0.717) is 27.1 Å². The van der Waals surface area contributed by atoms with Crippen molar-refractivity contribution >= 4 is 35.1 Å². The lowest BCUT2D eigenvalue weighted by Crippen LogP contribution is -1.95. The van der Waals surface area contributed by atoms with Crippen molar-refractivity contribution in [1.29, 1.82) is 0 Å². The van der Waals surface area contributed by atoms with Gasteiger partial charge in [0.05, 0.1) is 24.3 Å². The highest BCUT2D eigenvalue weighted by Gasteiger charge is 2.09. The SMILES string of the molecule is COc1cccc(/C=C/C(=O)c2ccc(Cl)c(Cl)c2)c1OC. The quantitative estimate of drug-likeness (QED) is 0.575. The van der Waals surface area contributed by atoms with Crippen LogP contribution >= 0.6 is 23.2 Å². The first kappa shape index (κ1) is 16.4. The summed E-state index contributed by atoms with van der Waals surface area (Å²) in [4.78, 5) is 12.2. The molecule has 2 rings (SSSR count). The van der Waals surface area contributed by atoms with Gasteiger partial charge >= 0.3 is 0 Å². The smallest absolute Gasteiger partial charge is 0.185 e. The molecule has 114 valence electrons. The highest BCUT2D eigenvalue weighted by Crippen LogP contribution is 2.31. The number of carbonyl (C=O) groups is 1. The summed E-state index contributed by atoms with van der Waals surface area (Å²) < 4.78 is 10.5. The van der Waals surface area contributed by atoms with Gasteiger partial charge in [0.15, 0.2) is 17.3 Å². The minimum absolute atomic E-state index is 0.177. The number of ketones is 1. The molecule has 3 nitrogen and oxygen atoms in total. The Morgan fingerprint density at radius 1 is 1.05 bits per heavy atom. The van der Waals surface area contributed by atoms with Crippen LogP contribution in [0.5, 0.6) is 11.5 Å². The Labute approximate surface area is 139 Å². The van der Waals surface area contributed by atoms with Gasteiger partial charge in [-0.3, -0.25) is 4.79 Å². The van der Waals surface area contributed by atoms with Crippen LogP contribution in [-0.4, -0.2) is 20.0 Å². The molecule has 2 aromatic rings. The van der Waals surface area contributed by atoms with Gasteiger partial charge in [-0.15, -0.1) is 0 Å². The number of carbonyl (C=O) groups excluding carboxylic acids is 1. The number of methoxy groups -OCH3 is 2. The van der Waals surface area contributed by atoms with E-state index in [1.807, 2.05) is 12.1 Å². The molecule has 0 fully saturated rings. The third-order valence-electron chi connectivity index (χ3n) is 3.05. The molecule has 2 aromatic carbocycles. The minimum atomic E-state index is -0.177. The minimum Gasteiger partial charge on any atom is -0.493 e. The monoisotopic (exact) mass is 336 g/mol. The van der Waals surface area contributed by atoms with E-state index in [1.54, 1.807) is 44.6 Å². The number of hydrogen-bond acceptors (Lipinski definition) is 3. The molecule has 0 N–H and O–H groups in total. The van der Waals surface area contributed by atoms with Gasteiger partial charge in [-0.1, -0.05) is 35.3 Å². The molecule has 0 saturated heterocycles. The average Bonchev–Trinajstić information content (AvgIpc) is 2.54. The molecular formula is C17H14Cl2O3. The fourth-order valence-electron chi connectivity index (χ4n) is 1.95. The van der Waals surface area contributed by atoms with Crippen molar-refractivity contribution in [2.45, 2.75) is 0 Å². The first-order chi connectivity index (χ1) is 10.6. The molecule has 0 aliphatic carbocycles. The van der Waals surface area contributed by atoms with E-state index in [-0.39, 0.29) is 5.78 Å². The van der Waals surface area contributed by atoms with Crippen molar-refractivity contribution in [3.8, 4) is 11.5 Å². The highest BCUT2D eigenvalue weighted by molar-refractivity contribution is 6.42. The van der Waals surface area contributed by atoms with Crippen LogP contribution in [0, 0.1) is 0 Å². The van der Waals surface area contributed by atoms with E-state index in [4.69, 9.17) is 32.7 Å². The third-order valence-corrected chi connectivity index (χ3v) is 3.79.